The van der Waals surface area contributed by atoms with Gasteiger partial charge in [0, 0.05) is 5.69 Å². The maximum absolute atomic E-state index is 11.9. The standard InChI is InChI=1S/C13H14N4O3/c1-2-9-4-3-5-10(6-9)14-13(20)11-7-17(16-15-11)8-12(18)19/h3-7H,2,8H2,1H3,(H,14,20)(H,18,19). The van der Waals surface area contributed by atoms with E-state index in [0.29, 0.717) is 5.69 Å². The molecule has 2 aromatic rings. The molecule has 2 N–H and O–H groups in total. The zero-order chi connectivity index (χ0) is 14.5. The molecule has 0 atom stereocenters. The molecule has 0 spiro atoms. The second-order valence-electron chi connectivity index (χ2n) is 4.20. The van der Waals surface area contributed by atoms with Crippen LogP contribution in [0.25, 0.3) is 0 Å². The number of benzene rings is 1. The first-order chi connectivity index (χ1) is 9.58. The molecular formula is C13H14N4O3. The van der Waals surface area contributed by atoms with E-state index in [1.54, 1.807) is 6.07 Å². The van der Waals surface area contributed by atoms with Gasteiger partial charge in [-0.05, 0) is 24.1 Å². The van der Waals surface area contributed by atoms with Crippen LogP contribution in [-0.4, -0.2) is 32.0 Å². The van der Waals surface area contributed by atoms with Crippen molar-refractivity contribution in [1.29, 1.82) is 0 Å². The van der Waals surface area contributed by atoms with E-state index in [4.69, 9.17) is 5.11 Å². The first-order valence-electron chi connectivity index (χ1n) is 6.10. The van der Waals surface area contributed by atoms with E-state index in [-0.39, 0.29) is 12.2 Å². The average Bonchev–Trinajstić information content (AvgIpc) is 2.86. The Morgan fingerprint density at radius 1 is 1.40 bits per heavy atom. The van der Waals surface area contributed by atoms with Crippen molar-refractivity contribution < 1.29 is 14.7 Å². The van der Waals surface area contributed by atoms with E-state index < -0.39 is 11.9 Å². The molecule has 0 unspecified atom stereocenters. The van der Waals surface area contributed by atoms with Gasteiger partial charge < -0.3 is 10.4 Å². The quantitative estimate of drug-likeness (QED) is 0.853. The number of anilines is 1. The summed E-state index contributed by atoms with van der Waals surface area (Å²) in [5, 5.41) is 18.5. The third kappa shape index (κ3) is 3.41. The number of carbonyl (C=O) groups is 2. The van der Waals surface area contributed by atoms with E-state index in [9.17, 15) is 9.59 Å². The van der Waals surface area contributed by atoms with E-state index >= 15 is 0 Å². The SMILES string of the molecule is CCc1cccc(NC(=O)c2cn(CC(=O)O)nn2)c1. The van der Waals surface area contributed by atoms with Gasteiger partial charge >= 0.3 is 5.97 Å². The number of aromatic nitrogens is 3. The van der Waals surface area contributed by atoms with Crippen molar-refractivity contribution in [3.8, 4) is 0 Å². The zero-order valence-electron chi connectivity index (χ0n) is 10.9. The number of carboxylic acid groups (broad SMARTS) is 1. The van der Waals surface area contributed by atoms with Gasteiger partial charge in [0.25, 0.3) is 5.91 Å². The number of rotatable bonds is 5. The Hall–Kier alpha value is -2.70. The molecular weight excluding hydrogens is 260 g/mol. The third-order valence-corrected chi connectivity index (χ3v) is 2.66. The van der Waals surface area contributed by atoms with Gasteiger partial charge in [0.1, 0.15) is 6.54 Å². The van der Waals surface area contributed by atoms with Crippen LogP contribution in [0.4, 0.5) is 5.69 Å². The maximum Gasteiger partial charge on any atom is 0.325 e. The van der Waals surface area contributed by atoms with Crippen LogP contribution < -0.4 is 5.32 Å². The Kier molecular flexibility index (Phi) is 4.09. The molecule has 0 fully saturated rings. The van der Waals surface area contributed by atoms with Gasteiger partial charge in [-0.25, -0.2) is 4.68 Å². The minimum absolute atomic E-state index is 0.0770. The van der Waals surface area contributed by atoms with Crippen molar-refractivity contribution >= 4 is 17.6 Å². The molecule has 0 radical (unpaired) electrons. The summed E-state index contributed by atoms with van der Waals surface area (Å²) >= 11 is 0. The Morgan fingerprint density at radius 3 is 2.90 bits per heavy atom. The number of nitrogens with zero attached hydrogens (tertiary/aromatic N) is 3. The zero-order valence-corrected chi connectivity index (χ0v) is 10.9. The van der Waals surface area contributed by atoms with Gasteiger partial charge in [-0.2, -0.15) is 0 Å². The number of hydrogen-bond acceptors (Lipinski definition) is 4. The second kappa shape index (κ2) is 5.96. The predicted octanol–water partition coefficient (Wildman–Crippen LogP) is 1.18. The summed E-state index contributed by atoms with van der Waals surface area (Å²) in [5.74, 6) is -1.47. The van der Waals surface area contributed by atoms with Gasteiger partial charge in [-0.15, -0.1) is 5.10 Å². The van der Waals surface area contributed by atoms with Crippen LogP contribution >= 0.6 is 0 Å². The molecule has 0 aliphatic rings. The summed E-state index contributed by atoms with van der Waals surface area (Å²) in [6, 6.07) is 7.48. The van der Waals surface area contributed by atoms with Gasteiger partial charge in [-0.1, -0.05) is 24.3 Å². The molecule has 1 amide bonds. The molecule has 0 saturated heterocycles. The largest absolute Gasteiger partial charge is 0.480 e. The number of hydrogen-bond donors (Lipinski definition) is 2. The summed E-state index contributed by atoms with van der Waals surface area (Å²) in [4.78, 5) is 22.5. The van der Waals surface area contributed by atoms with E-state index in [1.807, 2.05) is 25.1 Å². The Labute approximate surface area is 115 Å². The molecule has 1 heterocycles. The Balaban J connectivity index is 2.07. The number of aliphatic carboxylic acids is 1. The number of amides is 1. The number of aryl methyl sites for hydroxylation is 1. The van der Waals surface area contributed by atoms with Crippen LogP contribution in [0.2, 0.25) is 0 Å². The van der Waals surface area contributed by atoms with Gasteiger partial charge in [0.15, 0.2) is 5.69 Å². The smallest absolute Gasteiger partial charge is 0.325 e. The van der Waals surface area contributed by atoms with E-state index in [1.165, 1.54) is 6.20 Å². The molecule has 0 saturated carbocycles. The van der Waals surface area contributed by atoms with Crippen LogP contribution in [0.3, 0.4) is 0 Å². The molecule has 0 aliphatic heterocycles. The lowest BCUT2D eigenvalue weighted by Crippen LogP contribution is -2.12. The van der Waals surface area contributed by atoms with Gasteiger partial charge in [-0.3, -0.25) is 9.59 Å². The highest BCUT2D eigenvalue weighted by atomic mass is 16.4. The summed E-state index contributed by atoms with van der Waals surface area (Å²) in [5.41, 5.74) is 1.85. The third-order valence-electron chi connectivity index (χ3n) is 2.66. The molecule has 1 aromatic carbocycles. The molecule has 20 heavy (non-hydrogen) atoms. The topological polar surface area (TPSA) is 97.1 Å². The molecule has 0 aliphatic carbocycles. The number of carboxylic acids is 1. The van der Waals surface area contributed by atoms with Crippen LogP contribution in [0.5, 0.6) is 0 Å². The fraction of sp³-hybridized carbons (Fsp3) is 0.231. The maximum atomic E-state index is 11.9. The molecule has 104 valence electrons. The summed E-state index contributed by atoms with van der Waals surface area (Å²) in [6.45, 7) is 1.70. The fourth-order valence-corrected chi connectivity index (χ4v) is 1.68. The summed E-state index contributed by atoms with van der Waals surface area (Å²) in [7, 11) is 0. The molecule has 0 bridgehead atoms. The average molecular weight is 274 g/mol. The van der Waals surface area contributed by atoms with Crippen LogP contribution in [0.1, 0.15) is 23.0 Å². The molecule has 1 aromatic heterocycles. The second-order valence-corrected chi connectivity index (χ2v) is 4.20. The summed E-state index contributed by atoms with van der Waals surface area (Å²) < 4.78 is 1.10. The lowest BCUT2D eigenvalue weighted by molar-refractivity contribution is -0.137. The Morgan fingerprint density at radius 2 is 2.20 bits per heavy atom. The first-order valence-corrected chi connectivity index (χ1v) is 6.10. The van der Waals surface area contributed by atoms with E-state index in [2.05, 4.69) is 15.6 Å². The van der Waals surface area contributed by atoms with Crippen LogP contribution in [0.15, 0.2) is 30.5 Å². The number of carbonyl (C=O) groups excluding carboxylic acids is 1. The minimum Gasteiger partial charge on any atom is -0.480 e. The van der Waals surface area contributed by atoms with Crippen molar-refractivity contribution in [1.82, 2.24) is 15.0 Å². The predicted molar refractivity (Wildman–Crippen MR) is 71.4 cm³/mol. The van der Waals surface area contributed by atoms with Crippen molar-refractivity contribution in [3.63, 3.8) is 0 Å². The minimum atomic E-state index is -1.04. The normalized spacial score (nSPS) is 10.2. The summed E-state index contributed by atoms with van der Waals surface area (Å²) in [6.07, 6.45) is 2.17. The van der Waals surface area contributed by atoms with Gasteiger partial charge in [0.05, 0.1) is 6.20 Å². The van der Waals surface area contributed by atoms with Crippen LogP contribution in [0, 0.1) is 0 Å². The lowest BCUT2D eigenvalue weighted by Gasteiger charge is -2.04. The van der Waals surface area contributed by atoms with Gasteiger partial charge in [0.2, 0.25) is 0 Å². The molecule has 7 nitrogen and oxygen atoms in total. The van der Waals surface area contributed by atoms with Crippen molar-refractivity contribution in [2.24, 2.45) is 0 Å². The van der Waals surface area contributed by atoms with Crippen molar-refractivity contribution in [2.45, 2.75) is 19.9 Å². The number of nitrogens with one attached hydrogen (secondary N) is 1. The fourth-order valence-electron chi connectivity index (χ4n) is 1.68. The van der Waals surface area contributed by atoms with Crippen molar-refractivity contribution in [2.75, 3.05) is 5.32 Å². The highest BCUT2D eigenvalue weighted by molar-refractivity contribution is 6.02. The van der Waals surface area contributed by atoms with Crippen molar-refractivity contribution in [3.05, 3.63) is 41.7 Å². The first kappa shape index (κ1) is 13.7. The molecule has 7 heteroatoms. The lowest BCUT2D eigenvalue weighted by atomic mass is 10.1. The molecule has 2 rings (SSSR count). The highest BCUT2D eigenvalue weighted by Gasteiger charge is 2.12. The highest BCUT2D eigenvalue weighted by Crippen LogP contribution is 2.12. The van der Waals surface area contributed by atoms with Crippen LogP contribution in [-0.2, 0) is 17.8 Å². The van der Waals surface area contributed by atoms with E-state index in [0.717, 1.165) is 16.7 Å². The Bertz CT molecular complexity index is 636. The monoisotopic (exact) mass is 274 g/mol.